The first-order valence-corrected chi connectivity index (χ1v) is 9.71. The van der Waals surface area contributed by atoms with Gasteiger partial charge in [-0.05, 0) is 55.2 Å². The molecule has 0 aliphatic carbocycles. The van der Waals surface area contributed by atoms with Gasteiger partial charge in [-0.2, -0.15) is 11.8 Å². The summed E-state index contributed by atoms with van der Waals surface area (Å²) in [7, 11) is 0. The zero-order valence-electron chi connectivity index (χ0n) is 14.1. The Hall–Kier alpha value is -1.45. The Morgan fingerprint density at radius 3 is 2.67 bits per heavy atom. The number of aryl methyl sites for hydroxylation is 2. The molecule has 1 fully saturated rings. The van der Waals surface area contributed by atoms with Crippen molar-refractivity contribution >= 4 is 29.3 Å². The van der Waals surface area contributed by atoms with Crippen LogP contribution in [0.25, 0.3) is 0 Å². The van der Waals surface area contributed by atoms with Gasteiger partial charge in [-0.3, -0.25) is 4.79 Å². The zero-order chi connectivity index (χ0) is 17.1. The number of nitrogens with zero attached hydrogens (tertiary/aromatic N) is 1. The summed E-state index contributed by atoms with van der Waals surface area (Å²) < 4.78 is 0. The van der Waals surface area contributed by atoms with Crippen LogP contribution in [-0.2, 0) is 0 Å². The molecule has 0 aromatic heterocycles. The van der Waals surface area contributed by atoms with E-state index in [-0.39, 0.29) is 5.91 Å². The van der Waals surface area contributed by atoms with Gasteiger partial charge in [0, 0.05) is 34.7 Å². The highest BCUT2D eigenvalue weighted by Gasteiger charge is 2.24. The van der Waals surface area contributed by atoms with E-state index in [1.807, 2.05) is 53.1 Å². The molecule has 0 spiro atoms. The highest BCUT2D eigenvalue weighted by atomic mass is 35.5. The number of thioether (sulfide) groups is 1. The topological polar surface area (TPSA) is 20.3 Å². The van der Waals surface area contributed by atoms with E-state index in [0.29, 0.717) is 5.25 Å². The molecule has 0 bridgehead atoms. The monoisotopic (exact) mass is 359 g/mol. The van der Waals surface area contributed by atoms with Gasteiger partial charge >= 0.3 is 0 Å². The van der Waals surface area contributed by atoms with E-state index in [9.17, 15) is 4.79 Å². The molecule has 1 aliphatic rings. The van der Waals surface area contributed by atoms with Crippen molar-refractivity contribution in [3.05, 3.63) is 69.7 Å². The molecule has 4 heteroatoms. The molecule has 2 nitrogen and oxygen atoms in total. The number of hydrogen-bond acceptors (Lipinski definition) is 2. The fraction of sp³-hybridized carbons (Fsp3) is 0.350. The largest absolute Gasteiger partial charge is 0.338 e. The third-order valence-corrected chi connectivity index (χ3v) is 6.29. The molecule has 1 aliphatic heterocycles. The predicted octanol–water partition coefficient (Wildman–Crippen LogP) is 5.28. The van der Waals surface area contributed by atoms with Crippen LogP contribution in [0.1, 0.15) is 38.7 Å². The van der Waals surface area contributed by atoms with E-state index in [2.05, 4.69) is 19.9 Å². The van der Waals surface area contributed by atoms with Crippen molar-refractivity contribution in [2.75, 3.05) is 18.8 Å². The Morgan fingerprint density at radius 1 is 1.12 bits per heavy atom. The Balaban J connectivity index is 1.72. The molecule has 1 unspecified atom stereocenters. The summed E-state index contributed by atoms with van der Waals surface area (Å²) in [5.74, 6) is 1.07. The third kappa shape index (κ3) is 3.79. The first-order valence-electron chi connectivity index (χ1n) is 8.29. The summed E-state index contributed by atoms with van der Waals surface area (Å²) in [4.78, 5) is 14.8. The first-order chi connectivity index (χ1) is 11.6. The van der Waals surface area contributed by atoms with E-state index < -0.39 is 0 Å². The molecule has 0 radical (unpaired) electrons. The second-order valence-corrected chi connectivity index (χ2v) is 7.98. The molecule has 0 saturated carbocycles. The standard InChI is InChI=1S/C20H22ClNOS/c1-14-7-8-16(13-15(14)2)20(23)22-10-9-19(24-12-11-22)17-5-3-4-6-18(17)21/h3-8,13,19H,9-12H2,1-2H3. The highest BCUT2D eigenvalue weighted by Crippen LogP contribution is 2.38. The Bertz CT molecular complexity index is 746. The molecule has 0 N–H and O–H groups in total. The van der Waals surface area contributed by atoms with Gasteiger partial charge in [0.25, 0.3) is 5.91 Å². The Labute approximate surface area is 153 Å². The normalized spacial score (nSPS) is 18.3. The minimum absolute atomic E-state index is 0.138. The van der Waals surface area contributed by atoms with Crippen LogP contribution >= 0.6 is 23.4 Å². The van der Waals surface area contributed by atoms with Gasteiger partial charge in [-0.25, -0.2) is 0 Å². The number of hydrogen-bond donors (Lipinski definition) is 0. The van der Waals surface area contributed by atoms with Crippen molar-refractivity contribution in [1.29, 1.82) is 0 Å². The van der Waals surface area contributed by atoms with Crippen molar-refractivity contribution in [2.24, 2.45) is 0 Å². The predicted molar refractivity (Wildman–Crippen MR) is 103 cm³/mol. The van der Waals surface area contributed by atoms with E-state index in [0.717, 1.165) is 35.8 Å². The molecular weight excluding hydrogens is 338 g/mol. The molecule has 2 aromatic carbocycles. The van der Waals surface area contributed by atoms with Crippen molar-refractivity contribution in [2.45, 2.75) is 25.5 Å². The summed E-state index contributed by atoms with van der Waals surface area (Å²) in [6.07, 6.45) is 0.935. The number of amides is 1. The molecule has 1 atom stereocenters. The molecule has 1 heterocycles. The van der Waals surface area contributed by atoms with E-state index >= 15 is 0 Å². The van der Waals surface area contributed by atoms with Crippen molar-refractivity contribution < 1.29 is 4.79 Å². The Morgan fingerprint density at radius 2 is 1.92 bits per heavy atom. The maximum atomic E-state index is 12.8. The molecule has 1 saturated heterocycles. The summed E-state index contributed by atoms with van der Waals surface area (Å²) in [5.41, 5.74) is 4.36. The lowest BCUT2D eigenvalue weighted by Crippen LogP contribution is -2.33. The summed E-state index contributed by atoms with van der Waals surface area (Å²) >= 11 is 8.24. The van der Waals surface area contributed by atoms with Crippen LogP contribution in [0.4, 0.5) is 0 Å². The fourth-order valence-electron chi connectivity index (χ4n) is 3.01. The molecule has 126 valence electrons. The van der Waals surface area contributed by atoms with Crippen molar-refractivity contribution in [1.82, 2.24) is 4.90 Å². The minimum Gasteiger partial charge on any atom is -0.338 e. The SMILES string of the molecule is Cc1ccc(C(=O)N2CCSC(c3ccccc3Cl)CC2)cc1C. The lowest BCUT2D eigenvalue weighted by molar-refractivity contribution is 0.0766. The average molecular weight is 360 g/mol. The van der Waals surface area contributed by atoms with Gasteiger partial charge in [0.05, 0.1) is 0 Å². The number of benzene rings is 2. The summed E-state index contributed by atoms with van der Waals surface area (Å²) in [6, 6.07) is 14.0. The van der Waals surface area contributed by atoms with Gasteiger partial charge in [-0.1, -0.05) is 35.9 Å². The van der Waals surface area contributed by atoms with Crippen LogP contribution in [0.5, 0.6) is 0 Å². The van der Waals surface area contributed by atoms with Crippen molar-refractivity contribution in [3.8, 4) is 0 Å². The molecule has 24 heavy (non-hydrogen) atoms. The van der Waals surface area contributed by atoms with Gasteiger partial charge < -0.3 is 4.90 Å². The van der Waals surface area contributed by atoms with Gasteiger partial charge in [0.1, 0.15) is 0 Å². The van der Waals surface area contributed by atoms with Crippen LogP contribution in [0.2, 0.25) is 5.02 Å². The smallest absolute Gasteiger partial charge is 0.253 e. The number of carbonyl (C=O) groups is 1. The second kappa shape index (κ2) is 7.62. The van der Waals surface area contributed by atoms with Crippen LogP contribution in [0.15, 0.2) is 42.5 Å². The van der Waals surface area contributed by atoms with Gasteiger partial charge in [0.15, 0.2) is 0 Å². The van der Waals surface area contributed by atoms with E-state index in [4.69, 9.17) is 11.6 Å². The molecule has 2 aromatic rings. The lowest BCUT2D eigenvalue weighted by atomic mass is 10.0. The Kier molecular flexibility index (Phi) is 5.52. The first kappa shape index (κ1) is 17.4. The highest BCUT2D eigenvalue weighted by molar-refractivity contribution is 7.99. The lowest BCUT2D eigenvalue weighted by Gasteiger charge is -2.21. The maximum absolute atomic E-state index is 12.8. The van der Waals surface area contributed by atoms with E-state index in [1.165, 1.54) is 16.7 Å². The van der Waals surface area contributed by atoms with Gasteiger partial charge in [-0.15, -0.1) is 0 Å². The summed E-state index contributed by atoms with van der Waals surface area (Å²) in [5, 5.41) is 1.18. The number of halogens is 1. The second-order valence-electron chi connectivity index (χ2n) is 6.26. The molecule has 1 amide bonds. The van der Waals surface area contributed by atoms with Crippen LogP contribution in [0.3, 0.4) is 0 Å². The maximum Gasteiger partial charge on any atom is 0.253 e. The molecule has 3 rings (SSSR count). The number of carbonyl (C=O) groups excluding carboxylic acids is 1. The zero-order valence-corrected chi connectivity index (χ0v) is 15.7. The molecular formula is C20H22ClNOS. The fourth-order valence-corrected chi connectivity index (χ4v) is 4.61. The van der Waals surface area contributed by atoms with Crippen LogP contribution in [0, 0.1) is 13.8 Å². The van der Waals surface area contributed by atoms with E-state index in [1.54, 1.807) is 0 Å². The van der Waals surface area contributed by atoms with Crippen LogP contribution < -0.4 is 0 Å². The third-order valence-electron chi connectivity index (χ3n) is 4.63. The van der Waals surface area contributed by atoms with Gasteiger partial charge in [0.2, 0.25) is 0 Å². The average Bonchev–Trinajstić information content (AvgIpc) is 2.83. The number of rotatable bonds is 2. The minimum atomic E-state index is 0.138. The van der Waals surface area contributed by atoms with Crippen molar-refractivity contribution in [3.63, 3.8) is 0 Å². The van der Waals surface area contributed by atoms with Crippen LogP contribution in [-0.4, -0.2) is 29.6 Å². The summed E-state index contributed by atoms with van der Waals surface area (Å²) in [6.45, 7) is 5.68. The quantitative estimate of drug-likeness (QED) is 0.727.